The summed E-state index contributed by atoms with van der Waals surface area (Å²) in [5, 5.41) is 9.21. The van der Waals surface area contributed by atoms with Gasteiger partial charge >= 0.3 is 0 Å². The minimum Gasteiger partial charge on any atom is -0.508 e. The Morgan fingerprint density at radius 3 is 2.28 bits per heavy atom. The number of phenolic OH excluding ortho intramolecular Hbond substituents is 1. The molecule has 0 aliphatic heterocycles. The summed E-state index contributed by atoms with van der Waals surface area (Å²) in [6.45, 7) is 5.70. The lowest BCUT2D eigenvalue weighted by molar-refractivity contribution is 0.0978. The molecule has 0 unspecified atom stereocenters. The zero-order valence-electron chi connectivity index (χ0n) is 19.8. The molecule has 0 radical (unpaired) electrons. The Balaban J connectivity index is 0.00000253. The molecular weight excluding hydrogens is 480 g/mol. The zero-order chi connectivity index (χ0) is 26.0. The number of phenols is 1. The van der Waals surface area contributed by atoms with E-state index in [2.05, 4.69) is 9.97 Å². The topological polar surface area (TPSA) is 144 Å². The highest BCUT2D eigenvalue weighted by atomic mass is 32.2. The van der Waals surface area contributed by atoms with Gasteiger partial charge in [0.2, 0.25) is 5.88 Å². The van der Waals surface area contributed by atoms with Crippen LogP contribution in [0.1, 0.15) is 31.3 Å². The molecule has 0 spiro atoms. The lowest BCUT2D eigenvalue weighted by Crippen LogP contribution is -2.31. The highest BCUT2D eigenvalue weighted by Crippen LogP contribution is 2.33. The number of ether oxygens (including phenoxy) is 1. The molecule has 2 aromatic carbocycles. The van der Waals surface area contributed by atoms with Crippen LogP contribution in [0.4, 0.5) is 5.82 Å². The van der Waals surface area contributed by atoms with Gasteiger partial charge in [-0.05, 0) is 80.4 Å². The van der Waals surface area contributed by atoms with Crippen molar-refractivity contribution in [3.8, 4) is 28.6 Å². The molecular formula is C26H30N4O5S. The smallest absolute Gasteiger partial charge is 0.281 e. The van der Waals surface area contributed by atoms with Crippen molar-refractivity contribution in [3.05, 3.63) is 89.0 Å². The summed E-state index contributed by atoms with van der Waals surface area (Å²) in [7, 11) is -4.31. The molecule has 4 aromatic rings. The number of benzene rings is 2. The maximum absolute atomic E-state index is 13.1. The molecule has 36 heavy (non-hydrogen) atoms. The molecule has 0 atom stereocenters. The Bertz CT molecular complexity index is 1560. The Hall–Kier alpha value is -4.44. The molecule has 190 valence electrons. The molecule has 4 rings (SSSR count). The molecule has 0 saturated heterocycles. The fourth-order valence-electron chi connectivity index (χ4n) is 3.72. The molecule has 0 bridgehead atoms. The first kappa shape index (κ1) is 24.7. The average molecular weight is 511 g/mol. The number of hydrogen-bond acceptors (Lipinski definition) is 8. The summed E-state index contributed by atoms with van der Waals surface area (Å²) < 4.78 is 33.7. The predicted octanol–water partition coefficient (Wildman–Crippen LogP) is 5.01. The molecule has 1 amide bonds. The van der Waals surface area contributed by atoms with Crippen molar-refractivity contribution in [2.24, 2.45) is 0 Å². The minimum absolute atomic E-state index is 0. The Morgan fingerprint density at radius 2 is 1.64 bits per heavy atom. The number of aromatic hydroxyl groups is 1. The summed E-state index contributed by atoms with van der Waals surface area (Å²) in [6, 6.07) is 17.3. The lowest BCUT2D eigenvalue weighted by Gasteiger charge is -2.16. The fourth-order valence-corrected chi connectivity index (χ4v) is 4.66. The van der Waals surface area contributed by atoms with Crippen LogP contribution in [0.3, 0.4) is 0 Å². The molecule has 2 heterocycles. The quantitative estimate of drug-likeness (QED) is 0.328. The van der Waals surface area contributed by atoms with Gasteiger partial charge in [-0.2, -0.15) is 8.42 Å². The first-order chi connectivity index (χ1) is 17.0. The van der Waals surface area contributed by atoms with Gasteiger partial charge in [-0.3, -0.25) is 4.79 Å². The number of rotatable bonds is 6. The number of amides is 1. The summed E-state index contributed by atoms with van der Waals surface area (Å²) in [5.74, 6) is -0.423. The zero-order valence-corrected chi connectivity index (χ0v) is 20.6. The first-order valence-corrected chi connectivity index (χ1v) is 12.4. The third-order valence-electron chi connectivity index (χ3n) is 5.32. The van der Waals surface area contributed by atoms with E-state index in [-0.39, 0.29) is 27.3 Å². The van der Waals surface area contributed by atoms with Crippen molar-refractivity contribution in [2.75, 3.05) is 5.73 Å². The number of aromatic nitrogens is 2. The van der Waals surface area contributed by atoms with Crippen molar-refractivity contribution in [1.29, 1.82) is 0 Å². The van der Waals surface area contributed by atoms with Crippen molar-refractivity contribution >= 4 is 21.7 Å². The third kappa shape index (κ3) is 5.28. The summed E-state index contributed by atoms with van der Waals surface area (Å²) in [4.78, 5) is 21.4. The number of carbonyl (C=O) groups excluding carboxylic acids is 1. The third-order valence-corrected chi connectivity index (χ3v) is 6.55. The van der Waals surface area contributed by atoms with Crippen LogP contribution in [0.2, 0.25) is 0 Å². The van der Waals surface area contributed by atoms with Gasteiger partial charge in [-0.1, -0.05) is 23.8 Å². The van der Waals surface area contributed by atoms with Crippen LogP contribution in [0.15, 0.2) is 71.8 Å². The number of nitrogens with one attached hydrogen (secondary N) is 1. The van der Waals surface area contributed by atoms with Gasteiger partial charge in [-0.15, -0.1) is 0 Å². The number of nitrogens with zero attached hydrogens (tertiary/aromatic N) is 2. The van der Waals surface area contributed by atoms with E-state index in [1.165, 1.54) is 36.4 Å². The molecule has 9 nitrogen and oxygen atoms in total. The number of aryl methyl sites for hydroxylation is 3. The van der Waals surface area contributed by atoms with Crippen molar-refractivity contribution < 1.29 is 27.3 Å². The van der Waals surface area contributed by atoms with Crippen LogP contribution in [0, 0.1) is 20.8 Å². The molecule has 4 N–H and O–H groups in total. The second-order valence-corrected chi connectivity index (χ2v) is 9.89. The van der Waals surface area contributed by atoms with E-state index in [0.29, 0.717) is 17.0 Å². The van der Waals surface area contributed by atoms with E-state index in [1.807, 2.05) is 37.6 Å². The van der Waals surface area contributed by atoms with E-state index in [1.54, 1.807) is 18.2 Å². The van der Waals surface area contributed by atoms with E-state index in [9.17, 15) is 18.3 Å². The SMILES string of the molecule is Cc1cc(C)c(Oc2nc(-c3ccc(O)cc3)ccc2C(=O)NS(=O)(=O)c2cccc(N)n2)c(C)c1.[HH].[HH].[HH]. The van der Waals surface area contributed by atoms with Gasteiger partial charge < -0.3 is 15.6 Å². The van der Waals surface area contributed by atoms with Crippen LogP contribution in [-0.2, 0) is 10.0 Å². The van der Waals surface area contributed by atoms with Crippen LogP contribution in [-0.4, -0.2) is 29.4 Å². The Morgan fingerprint density at radius 1 is 0.972 bits per heavy atom. The Kier molecular flexibility index (Phi) is 6.63. The first-order valence-electron chi connectivity index (χ1n) is 10.9. The molecule has 0 aliphatic rings. The van der Waals surface area contributed by atoms with E-state index in [4.69, 9.17) is 10.5 Å². The highest BCUT2D eigenvalue weighted by Gasteiger charge is 2.24. The number of hydrogen-bond donors (Lipinski definition) is 3. The molecule has 0 aliphatic carbocycles. The van der Waals surface area contributed by atoms with Crippen LogP contribution >= 0.6 is 0 Å². The standard InChI is InChI=1S/C26H24N4O5S.3H2/c1-15-13-16(2)24(17(3)14-15)35-26-20(11-12-21(28-26)18-7-9-19(31)10-8-18)25(32)30-36(33,34)23-6-4-5-22(27)29-23;;;/h4-14,31H,1-3H3,(H2,27,29)(H,30,32);3*1H. The van der Waals surface area contributed by atoms with Crippen LogP contribution in [0.25, 0.3) is 11.3 Å². The van der Waals surface area contributed by atoms with Crippen molar-refractivity contribution in [2.45, 2.75) is 25.8 Å². The number of carbonyl (C=O) groups is 1. The number of nitrogen functional groups attached to an aromatic ring is 1. The summed E-state index contributed by atoms with van der Waals surface area (Å²) >= 11 is 0. The monoisotopic (exact) mass is 510 g/mol. The minimum atomic E-state index is -4.31. The average Bonchev–Trinajstić information content (AvgIpc) is 2.81. The molecule has 0 fully saturated rings. The molecule has 10 heteroatoms. The van der Waals surface area contributed by atoms with Crippen LogP contribution < -0.4 is 15.2 Å². The number of pyridine rings is 2. The van der Waals surface area contributed by atoms with Crippen molar-refractivity contribution in [3.63, 3.8) is 0 Å². The maximum atomic E-state index is 13.1. The van der Waals surface area contributed by atoms with Gasteiger partial charge in [0.05, 0.1) is 5.69 Å². The van der Waals surface area contributed by atoms with Gasteiger partial charge in [0.25, 0.3) is 15.9 Å². The largest absolute Gasteiger partial charge is 0.508 e. The second kappa shape index (κ2) is 9.67. The summed E-state index contributed by atoms with van der Waals surface area (Å²) in [6.07, 6.45) is 0. The second-order valence-electron chi connectivity index (χ2n) is 8.26. The van der Waals surface area contributed by atoms with Crippen molar-refractivity contribution in [1.82, 2.24) is 14.7 Å². The highest BCUT2D eigenvalue weighted by molar-refractivity contribution is 7.90. The number of anilines is 1. The van der Waals surface area contributed by atoms with E-state index >= 15 is 0 Å². The van der Waals surface area contributed by atoms with Gasteiger partial charge in [0, 0.05) is 9.84 Å². The van der Waals surface area contributed by atoms with Crippen LogP contribution in [0.5, 0.6) is 17.4 Å². The van der Waals surface area contributed by atoms with Gasteiger partial charge in [0.1, 0.15) is 22.9 Å². The van der Waals surface area contributed by atoms with E-state index in [0.717, 1.165) is 16.7 Å². The summed E-state index contributed by atoms with van der Waals surface area (Å²) in [5.41, 5.74) is 9.32. The lowest BCUT2D eigenvalue weighted by atomic mass is 10.1. The van der Waals surface area contributed by atoms with Gasteiger partial charge in [-0.25, -0.2) is 14.7 Å². The van der Waals surface area contributed by atoms with E-state index < -0.39 is 21.0 Å². The van der Waals surface area contributed by atoms with Gasteiger partial charge in [0.15, 0.2) is 5.03 Å². The Labute approximate surface area is 213 Å². The molecule has 0 saturated carbocycles. The fraction of sp³-hybridized carbons (Fsp3) is 0.115. The molecule has 2 aromatic heterocycles. The normalized spacial score (nSPS) is 11.2. The predicted molar refractivity (Wildman–Crippen MR) is 142 cm³/mol. The number of sulfonamides is 1. The number of nitrogens with two attached hydrogens (primary N) is 1. The maximum Gasteiger partial charge on any atom is 0.281 e.